The lowest BCUT2D eigenvalue weighted by molar-refractivity contribution is 0.342. The van der Waals surface area contributed by atoms with Crippen LogP contribution in [-0.2, 0) is 0 Å². The minimum atomic E-state index is 0.171. The van der Waals surface area contributed by atoms with Crippen molar-refractivity contribution in [1.29, 1.82) is 0 Å². The molecular formula is C6H12OS. The van der Waals surface area contributed by atoms with Gasteiger partial charge in [-0.1, -0.05) is 19.1 Å². The fourth-order valence-corrected chi connectivity index (χ4v) is 0.836. The lowest BCUT2D eigenvalue weighted by atomic mass is 10.6. The monoisotopic (exact) mass is 132 g/mol. The molecule has 0 spiro atoms. The Balaban J connectivity index is 2.80. The SMILES string of the molecule is CCSC/C=C/CO. The molecule has 0 saturated carbocycles. The number of rotatable bonds is 4. The van der Waals surface area contributed by atoms with E-state index in [1.165, 1.54) is 0 Å². The van der Waals surface area contributed by atoms with Crippen molar-refractivity contribution in [3.8, 4) is 0 Å². The van der Waals surface area contributed by atoms with Gasteiger partial charge in [0.15, 0.2) is 0 Å². The van der Waals surface area contributed by atoms with Crippen LogP contribution in [-0.4, -0.2) is 23.2 Å². The van der Waals surface area contributed by atoms with E-state index in [4.69, 9.17) is 5.11 Å². The molecule has 48 valence electrons. The van der Waals surface area contributed by atoms with Crippen molar-refractivity contribution in [2.24, 2.45) is 0 Å². The molecule has 1 N–H and O–H groups in total. The molecule has 0 fully saturated rings. The number of hydrogen-bond donors (Lipinski definition) is 1. The highest BCUT2D eigenvalue weighted by atomic mass is 32.2. The second kappa shape index (κ2) is 7.05. The van der Waals surface area contributed by atoms with Gasteiger partial charge in [0.25, 0.3) is 0 Å². The van der Waals surface area contributed by atoms with Gasteiger partial charge in [-0.05, 0) is 5.75 Å². The summed E-state index contributed by atoms with van der Waals surface area (Å²) in [6.07, 6.45) is 3.75. The zero-order valence-corrected chi connectivity index (χ0v) is 5.95. The average Bonchev–Trinajstić information content (AvgIpc) is 1.81. The summed E-state index contributed by atoms with van der Waals surface area (Å²) < 4.78 is 0. The van der Waals surface area contributed by atoms with Crippen molar-refractivity contribution < 1.29 is 5.11 Å². The molecule has 0 heterocycles. The van der Waals surface area contributed by atoms with Crippen LogP contribution >= 0.6 is 11.8 Å². The number of hydrogen-bond acceptors (Lipinski definition) is 2. The van der Waals surface area contributed by atoms with E-state index < -0.39 is 0 Å². The van der Waals surface area contributed by atoms with Gasteiger partial charge >= 0.3 is 0 Å². The van der Waals surface area contributed by atoms with Crippen molar-refractivity contribution >= 4 is 11.8 Å². The molecule has 0 aliphatic carbocycles. The molecule has 0 radical (unpaired) electrons. The van der Waals surface area contributed by atoms with Crippen molar-refractivity contribution in [3.63, 3.8) is 0 Å². The van der Waals surface area contributed by atoms with E-state index in [-0.39, 0.29) is 6.61 Å². The Morgan fingerprint density at radius 2 is 2.25 bits per heavy atom. The summed E-state index contributed by atoms with van der Waals surface area (Å²) in [5.41, 5.74) is 0. The van der Waals surface area contributed by atoms with Gasteiger partial charge < -0.3 is 5.11 Å². The first kappa shape index (κ1) is 8.05. The fraction of sp³-hybridized carbons (Fsp3) is 0.667. The third-order valence-corrected chi connectivity index (χ3v) is 1.53. The highest BCUT2D eigenvalue weighted by molar-refractivity contribution is 7.99. The van der Waals surface area contributed by atoms with Gasteiger partial charge in [0, 0.05) is 5.75 Å². The molecule has 0 aromatic carbocycles. The van der Waals surface area contributed by atoms with E-state index in [1.807, 2.05) is 17.8 Å². The molecule has 2 heteroatoms. The quantitative estimate of drug-likeness (QED) is 0.459. The maximum absolute atomic E-state index is 8.27. The topological polar surface area (TPSA) is 20.2 Å². The van der Waals surface area contributed by atoms with Crippen LogP contribution < -0.4 is 0 Å². The molecule has 0 saturated heterocycles. The molecule has 0 unspecified atom stereocenters. The summed E-state index contributed by atoms with van der Waals surface area (Å²) in [5.74, 6) is 2.17. The van der Waals surface area contributed by atoms with Crippen LogP contribution in [0.2, 0.25) is 0 Å². The van der Waals surface area contributed by atoms with Crippen molar-refractivity contribution in [1.82, 2.24) is 0 Å². The fourth-order valence-electron chi connectivity index (χ4n) is 0.328. The summed E-state index contributed by atoms with van der Waals surface area (Å²) in [7, 11) is 0. The summed E-state index contributed by atoms with van der Waals surface area (Å²) in [6, 6.07) is 0. The minimum absolute atomic E-state index is 0.171. The van der Waals surface area contributed by atoms with Gasteiger partial charge in [0.1, 0.15) is 0 Å². The van der Waals surface area contributed by atoms with Gasteiger partial charge in [-0.2, -0.15) is 11.8 Å². The van der Waals surface area contributed by atoms with Gasteiger partial charge in [0.2, 0.25) is 0 Å². The first-order valence-electron chi connectivity index (χ1n) is 2.75. The van der Waals surface area contributed by atoms with E-state index >= 15 is 0 Å². The molecule has 8 heavy (non-hydrogen) atoms. The van der Waals surface area contributed by atoms with Crippen LogP contribution in [0, 0.1) is 0 Å². The van der Waals surface area contributed by atoms with Gasteiger partial charge in [-0.15, -0.1) is 0 Å². The molecule has 0 bridgehead atoms. The second-order valence-electron chi connectivity index (χ2n) is 1.31. The number of thioether (sulfide) groups is 1. The van der Waals surface area contributed by atoms with Crippen LogP contribution in [0.3, 0.4) is 0 Å². The molecule has 0 amide bonds. The third kappa shape index (κ3) is 6.05. The van der Waals surface area contributed by atoms with E-state index in [0.29, 0.717) is 0 Å². The maximum atomic E-state index is 8.27. The molecule has 0 rings (SSSR count). The van der Waals surface area contributed by atoms with Crippen molar-refractivity contribution in [3.05, 3.63) is 12.2 Å². The molecular weight excluding hydrogens is 120 g/mol. The standard InChI is InChI=1S/C6H12OS/c1-2-8-6-4-3-5-7/h3-4,7H,2,5-6H2,1H3/b4-3+. The van der Waals surface area contributed by atoms with E-state index in [9.17, 15) is 0 Å². The Morgan fingerprint density at radius 1 is 1.50 bits per heavy atom. The zero-order chi connectivity index (χ0) is 6.24. The molecule has 0 aromatic rings. The molecule has 0 aliphatic rings. The molecule has 1 nitrogen and oxygen atoms in total. The molecule has 0 aromatic heterocycles. The molecule has 0 atom stereocenters. The summed E-state index contributed by atoms with van der Waals surface area (Å²) in [6.45, 7) is 2.29. The van der Waals surface area contributed by atoms with Crippen LogP contribution in [0.5, 0.6) is 0 Å². The zero-order valence-electron chi connectivity index (χ0n) is 5.13. The average molecular weight is 132 g/mol. The van der Waals surface area contributed by atoms with Crippen LogP contribution in [0.15, 0.2) is 12.2 Å². The first-order valence-corrected chi connectivity index (χ1v) is 3.91. The largest absolute Gasteiger partial charge is 0.392 e. The lowest BCUT2D eigenvalue weighted by Crippen LogP contribution is -1.74. The van der Waals surface area contributed by atoms with Crippen LogP contribution in [0.1, 0.15) is 6.92 Å². The Kier molecular flexibility index (Phi) is 7.09. The Labute approximate surface area is 54.8 Å². The lowest BCUT2D eigenvalue weighted by Gasteiger charge is -1.86. The summed E-state index contributed by atoms with van der Waals surface area (Å²) >= 11 is 1.85. The summed E-state index contributed by atoms with van der Waals surface area (Å²) in [4.78, 5) is 0. The predicted octanol–water partition coefficient (Wildman–Crippen LogP) is 1.29. The minimum Gasteiger partial charge on any atom is -0.392 e. The van der Waals surface area contributed by atoms with Gasteiger partial charge in [-0.25, -0.2) is 0 Å². The second-order valence-corrected chi connectivity index (χ2v) is 2.63. The highest BCUT2D eigenvalue weighted by Crippen LogP contribution is 1.96. The van der Waals surface area contributed by atoms with Crippen LogP contribution in [0.4, 0.5) is 0 Å². The Bertz CT molecular complexity index is 61.5. The van der Waals surface area contributed by atoms with E-state index in [1.54, 1.807) is 6.08 Å². The smallest absolute Gasteiger partial charge is 0.0612 e. The van der Waals surface area contributed by atoms with Gasteiger partial charge in [-0.3, -0.25) is 0 Å². The maximum Gasteiger partial charge on any atom is 0.0612 e. The van der Waals surface area contributed by atoms with E-state index in [0.717, 1.165) is 11.5 Å². The van der Waals surface area contributed by atoms with Gasteiger partial charge in [0.05, 0.1) is 6.61 Å². The molecule has 0 aliphatic heterocycles. The number of aliphatic hydroxyl groups is 1. The normalized spacial score (nSPS) is 10.8. The predicted molar refractivity (Wildman–Crippen MR) is 39.2 cm³/mol. The third-order valence-electron chi connectivity index (χ3n) is 0.690. The first-order chi connectivity index (χ1) is 3.91. The van der Waals surface area contributed by atoms with Crippen molar-refractivity contribution in [2.75, 3.05) is 18.1 Å². The van der Waals surface area contributed by atoms with Crippen molar-refractivity contribution in [2.45, 2.75) is 6.92 Å². The Morgan fingerprint density at radius 3 is 2.75 bits per heavy atom. The van der Waals surface area contributed by atoms with Crippen LogP contribution in [0.25, 0.3) is 0 Å². The number of aliphatic hydroxyl groups excluding tert-OH is 1. The highest BCUT2D eigenvalue weighted by Gasteiger charge is 1.74. The van der Waals surface area contributed by atoms with E-state index in [2.05, 4.69) is 6.92 Å². The Hall–Kier alpha value is 0.0500. The summed E-state index contributed by atoms with van der Waals surface area (Å²) in [5, 5.41) is 8.27.